The van der Waals surface area contributed by atoms with Crippen LogP contribution in [0.1, 0.15) is 25.3 Å². The van der Waals surface area contributed by atoms with Gasteiger partial charge in [0.15, 0.2) is 5.03 Å². The van der Waals surface area contributed by atoms with E-state index in [9.17, 15) is 8.42 Å². The lowest BCUT2D eigenvalue weighted by atomic mass is 10.1. The summed E-state index contributed by atoms with van der Waals surface area (Å²) in [6.45, 7) is 4.97. The molecule has 0 radical (unpaired) electrons. The monoisotopic (exact) mass is 313 g/mol. The van der Waals surface area contributed by atoms with Crippen molar-refractivity contribution in [3.8, 4) is 0 Å². The second-order valence-electron chi connectivity index (χ2n) is 5.97. The van der Waals surface area contributed by atoms with Crippen LogP contribution < -0.4 is 5.32 Å². The molecule has 1 aromatic rings. The van der Waals surface area contributed by atoms with Gasteiger partial charge < -0.3 is 5.32 Å². The molecule has 2 aliphatic heterocycles. The highest BCUT2D eigenvalue weighted by atomic mass is 32.2. The average molecular weight is 313 g/mol. The number of aromatic amines is 1. The molecule has 2 unspecified atom stereocenters. The fourth-order valence-corrected chi connectivity index (χ4v) is 5.22. The zero-order chi connectivity index (χ0) is 15.0. The summed E-state index contributed by atoms with van der Waals surface area (Å²) in [7, 11) is -1.72. The molecular formula is C13H23N5O2S. The number of hydrogen-bond acceptors (Lipinski definition) is 5. The fraction of sp³-hybridized carbons (Fsp3) is 0.769. The van der Waals surface area contributed by atoms with E-state index in [2.05, 4.69) is 20.4 Å². The predicted molar refractivity (Wildman–Crippen MR) is 79.3 cm³/mol. The van der Waals surface area contributed by atoms with Gasteiger partial charge >= 0.3 is 0 Å². The van der Waals surface area contributed by atoms with Gasteiger partial charge in [0.2, 0.25) is 0 Å². The van der Waals surface area contributed by atoms with Gasteiger partial charge in [0.25, 0.3) is 10.0 Å². The average Bonchev–Trinajstić information content (AvgIpc) is 3.06. The van der Waals surface area contributed by atoms with Crippen molar-refractivity contribution in [2.24, 2.45) is 0 Å². The van der Waals surface area contributed by atoms with Crippen molar-refractivity contribution < 1.29 is 8.42 Å². The van der Waals surface area contributed by atoms with Crippen LogP contribution in [0.3, 0.4) is 0 Å². The Morgan fingerprint density at radius 1 is 1.48 bits per heavy atom. The lowest BCUT2D eigenvalue weighted by Crippen LogP contribution is -2.56. The largest absolute Gasteiger partial charge is 0.316 e. The standard InChI is InChI=1S/C13H23N5O2S/c1-10-8-17-5-3-4-12(17)9-18(10)21(19,20)13-11(6-14-2)7-15-16-13/h7,10,12,14H,3-6,8-9H2,1-2H3,(H,15,16). The number of fused-ring (bicyclic) bond motifs is 1. The van der Waals surface area contributed by atoms with E-state index >= 15 is 0 Å². The number of piperazine rings is 1. The van der Waals surface area contributed by atoms with Gasteiger partial charge in [-0.25, -0.2) is 8.42 Å². The summed E-state index contributed by atoms with van der Waals surface area (Å²) in [5, 5.41) is 9.80. The zero-order valence-electron chi connectivity index (χ0n) is 12.5. The van der Waals surface area contributed by atoms with Gasteiger partial charge in [0, 0.05) is 37.3 Å². The Morgan fingerprint density at radius 2 is 2.29 bits per heavy atom. The fourth-order valence-electron chi connectivity index (χ4n) is 3.45. The van der Waals surface area contributed by atoms with Crippen molar-refractivity contribution in [1.29, 1.82) is 0 Å². The topological polar surface area (TPSA) is 81.3 Å². The number of nitrogens with one attached hydrogen (secondary N) is 2. The number of hydrogen-bond donors (Lipinski definition) is 2. The summed E-state index contributed by atoms with van der Waals surface area (Å²) in [4.78, 5) is 2.41. The molecule has 0 bridgehead atoms. The van der Waals surface area contributed by atoms with Gasteiger partial charge in [-0.05, 0) is 33.4 Å². The molecule has 2 fully saturated rings. The van der Waals surface area contributed by atoms with Gasteiger partial charge in [-0.15, -0.1) is 0 Å². The second-order valence-corrected chi connectivity index (χ2v) is 7.80. The molecule has 2 saturated heterocycles. The molecule has 0 amide bonds. The van der Waals surface area contributed by atoms with Crippen LogP contribution in [0, 0.1) is 0 Å². The smallest absolute Gasteiger partial charge is 0.260 e. The Labute approximate surface area is 125 Å². The van der Waals surface area contributed by atoms with E-state index in [4.69, 9.17) is 0 Å². The maximum absolute atomic E-state index is 13.0. The third kappa shape index (κ3) is 2.61. The van der Waals surface area contributed by atoms with Crippen LogP contribution in [-0.2, 0) is 16.6 Å². The number of rotatable bonds is 4. The molecule has 1 aromatic heterocycles. The molecule has 2 aliphatic rings. The van der Waals surface area contributed by atoms with Gasteiger partial charge in [0.1, 0.15) is 0 Å². The maximum Gasteiger partial charge on any atom is 0.260 e. The van der Waals surface area contributed by atoms with E-state index in [1.807, 2.05) is 6.92 Å². The van der Waals surface area contributed by atoms with Crippen LogP contribution in [0.4, 0.5) is 0 Å². The van der Waals surface area contributed by atoms with Crippen LogP contribution in [0.5, 0.6) is 0 Å². The van der Waals surface area contributed by atoms with Crippen molar-refractivity contribution in [2.45, 2.75) is 43.4 Å². The second kappa shape index (κ2) is 5.68. The molecule has 0 aromatic carbocycles. The molecule has 2 N–H and O–H groups in total. The summed E-state index contributed by atoms with van der Waals surface area (Å²) in [5.41, 5.74) is 0.693. The third-order valence-electron chi connectivity index (χ3n) is 4.49. The van der Waals surface area contributed by atoms with Crippen molar-refractivity contribution in [3.63, 3.8) is 0 Å². The van der Waals surface area contributed by atoms with Gasteiger partial charge in [0.05, 0.1) is 6.20 Å². The summed E-state index contributed by atoms with van der Waals surface area (Å²) >= 11 is 0. The Bertz CT molecular complexity index is 599. The highest BCUT2D eigenvalue weighted by Crippen LogP contribution is 2.29. The molecular weight excluding hydrogens is 290 g/mol. The van der Waals surface area contributed by atoms with E-state index in [1.165, 1.54) is 6.42 Å². The van der Waals surface area contributed by atoms with Crippen molar-refractivity contribution in [2.75, 3.05) is 26.7 Å². The van der Waals surface area contributed by atoms with E-state index in [0.29, 0.717) is 24.7 Å². The lowest BCUT2D eigenvalue weighted by molar-refractivity contribution is 0.117. The number of H-pyrrole nitrogens is 1. The molecule has 8 heteroatoms. The molecule has 7 nitrogen and oxygen atoms in total. The summed E-state index contributed by atoms with van der Waals surface area (Å²) in [6.07, 6.45) is 3.84. The first-order chi connectivity index (χ1) is 10.0. The van der Waals surface area contributed by atoms with Gasteiger partial charge in [-0.2, -0.15) is 9.40 Å². The Kier molecular flexibility index (Phi) is 4.04. The Morgan fingerprint density at radius 3 is 3.05 bits per heavy atom. The van der Waals surface area contributed by atoms with Crippen molar-refractivity contribution in [1.82, 2.24) is 24.7 Å². The highest BCUT2D eigenvalue weighted by molar-refractivity contribution is 7.89. The van der Waals surface area contributed by atoms with E-state index in [1.54, 1.807) is 17.5 Å². The van der Waals surface area contributed by atoms with Crippen molar-refractivity contribution >= 4 is 10.0 Å². The minimum atomic E-state index is -3.51. The number of aromatic nitrogens is 2. The quantitative estimate of drug-likeness (QED) is 0.817. The summed E-state index contributed by atoms with van der Waals surface area (Å²) in [6, 6.07) is 0.363. The normalized spacial score (nSPS) is 27.9. The first-order valence-corrected chi connectivity index (χ1v) is 8.90. The molecule has 118 valence electrons. The summed E-state index contributed by atoms with van der Waals surface area (Å²) < 4.78 is 27.5. The lowest BCUT2D eigenvalue weighted by Gasteiger charge is -2.41. The van der Waals surface area contributed by atoms with Crippen molar-refractivity contribution in [3.05, 3.63) is 11.8 Å². The minimum absolute atomic E-state index is 0.00455. The zero-order valence-corrected chi connectivity index (χ0v) is 13.4. The molecule has 0 aliphatic carbocycles. The van der Waals surface area contributed by atoms with E-state index in [0.717, 1.165) is 19.5 Å². The van der Waals surface area contributed by atoms with Crippen LogP contribution in [0.15, 0.2) is 11.2 Å². The van der Waals surface area contributed by atoms with E-state index in [-0.39, 0.29) is 11.1 Å². The van der Waals surface area contributed by atoms with E-state index < -0.39 is 10.0 Å². The van der Waals surface area contributed by atoms with Gasteiger partial charge in [-0.1, -0.05) is 0 Å². The van der Waals surface area contributed by atoms with Gasteiger partial charge in [-0.3, -0.25) is 10.00 Å². The predicted octanol–water partition coefficient (Wildman–Crippen LogP) is -0.0137. The van der Waals surface area contributed by atoms with Crippen LogP contribution in [0.25, 0.3) is 0 Å². The Balaban J connectivity index is 1.88. The first-order valence-electron chi connectivity index (χ1n) is 7.46. The van der Waals surface area contributed by atoms with Crippen LogP contribution >= 0.6 is 0 Å². The summed E-state index contributed by atoms with van der Waals surface area (Å²) in [5.74, 6) is 0. The maximum atomic E-state index is 13.0. The minimum Gasteiger partial charge on any atom is -0.316 e. The number of sulfonamides is 1. The van der Waals surface area contributed by atoms with Crippen LogP contribution in [-0.4, -0.2) is 66.6 Å². The molecule has 2 atom stereocenters. The molecule has 3 rings (SSSR count). The SMILES string of the molecule is CNCc1cn[nH]c1S(=O)(=O)N1CC2CCCN2CC1C. The first kappa shape index (κ1) is 15.0. The molecule has 3 heterocycles. The molecule has 21 heavy (non-hydrogen) atoms. The van der Waals surface area contributed by atoms with Crippen LogP contribution in [0.2, 0.25) is 0 Å². The third-order valence-corrected chi connectivity index (χ3v) is 6.49. The Hall–Kier alpha value is -0.960. The number of nitrogens with zero attached hydrogens (tertiary/aromatic N) is 3. The molecule has 0 saturated carbocycles. The molecule has 0 spiro atoms. The highest BCUT2D eigenvalue weighted by Gasteiger charge is 2.41.